The van der Waals surface area contributed by atoms with Crippen LogP contribution < -0.4 is 10.6 Å². The van der Waals surface area contributed by atoms with Crippen molar-refractivity contribution in [2.75, 3.05) is 11.9 Å². The Balaban J connectivity index is 2.04. The van der Waals surface area contributed by atoms with E-state index in [9.17, 15) is 18.4 Å². The van der Waals surface area contributed by atoms with E-state index in [0.29, 0.717) is 33.6 Å². The molecule has 1 amide bonds. The number of hydrogen-bond donors (Lipinski definition) is 2. The quantitative estimate of drug-likeness (QED) is 0.512. The Morgan fingerprint density at radius 2 is 1.74 bits per heavy atom. The first-order valence-corrected chi connectivity index (χ1v) is 9.11. The van der Waals surface area contributed by atoms with E-state index in [0.717, 1.165) is 0 Å². The Morgan fingerprint density at radius 3 is 2.37 bits per heavy atom. The third kappa shape index (κ3) is 6.90. The summed E-state index contributed by atoms with van der Waals surface area (Å²) in [5, 5.41) is 5.60. The fourth-order valence-electron chi connectivity index (χ4n) is 2.22. The van der Waals surface area contributed by atoms with Crippen LogP contribution in [0.2, 0.25) is 0 Å². The highest BCUT2D eigenvalue weighted by Crippen LogP contribution is 2.27. The van der Waals surface area contributed by atoms with Crippen molar-refractivity contribution in [3.63, 3.8) is 0 Å². The molecule has 0 aromatic heterocycles. The Kier molecular flexibility index (Phi) is 7.60. The Bertz CT molecular complexity index is 783. The molecule has 0 heterocycles. The summed E-state index contributed by atoms with van der Waals surface area (Å²) < 4.78 is 29.7. The van der Waals surface area contributed by atoms with Gasteiger partial charge in [0.15, 0.2) is 0 Å². The van der Waals surface area contributed by atoms with Crippen LogP contribution in [0.1, 0.15) is 24.2 Å². The highest BCUT2D eigenvalue weighted by Gasteiger charge is 2.14. The molecule has 0 bridgehead atoms. The smallest absolute Gasteiger partial charge is 0.325 e. The standard InChI is InChI=1S/C19H20F2N2O3S/c1-12(2)26-17(24)11-22-18(25)15-5-3-4-6-16(15)23-13-7-9-14(10-8-13)27-19(20)21/h3-10,12,19,23H,11H2,1-2H3,(H,22,25). The lowest BCUT2D eigenvalue weighted by molar-refractivity contribution is -0.146. The monoisotopic (exact) mass is 394 g/mol. The number of benzene rings is 2. The predicted molar refractivity (Wildman–Crippen MR) is 102 cm³/mol. The molecule has 0 spiro atoms. The molecule has 0 saturated carbocycles. The number of alkyl halides is 2. The predicted octanol–water partition coefficient (Wildman–Crippen LogP) is 4.43. The number of ether oxygens (including phenoxy) is 1. The first-order valence-electron chi connectivity index (χ1n) is 8.23. The molecule has 0 atom stereocenters. The van der Waals surface area contributed by atoms with Gasteiger partial charge in [0.1, 0.15) is 6.54 Å². The Morgan fingerprint density at radius 1 is 1.07 bits per heavy atom. The second kappa shape index (κ2) is 9.91. The molecule has 2 aromatic rings. The molecule has 0 unspecified atom stereocenters. The van der Waals surface area contributed by atoms with Crippen molar-refractivity contribution in [1.82, 2.24) is 5.32 Å². The van der Waals surface area contributed by atoms with Gasteiger partial charge in [-0.25, -0.2) is 0 Å². The fourth-order valence-corrected chi connectivity index (χ4v) is 2.72. The van der Waals surface area contributed by atoms with Gasteiger partial charge in [0.2, 0.25) is 0 Å². The van der Waals surface area contributed by atoms with Gasteiger partial charge < -0.3 is 15.4 Å². The molecule has 0 radical (unpaired) electrons. The molecule has 0 saturated heterocycles. The molecule has 5 nitrogen and oxygen atoms in total. The largest absolute Gasteiger partial charge is 0.462 e. The minimum absolute atomic E-state index is 0.231. The van der Waals surface area contributed by atoms with Crippen LogP contribution in [0.4, 0.5) is 20.2 Å². The highest BCUT2D eigenvalue weighted by molar-refractivity contribution is 7.99. The first-order chi connectivity index (χ1) is 12.8. The van der Waals surface area contributed by atoms with Crippen LogP contribution >= 0.6 is 11.8 Å². The van der Waals surface area contributed by atoms with Gasteiger partial charge in [-0.15, -0.1) is 0 Å². The molecule has 2 rings (SSSR count). The zero-order chi connectivity index (χ0) is 19.8. The van der Waals surface area contributed by atoms with E-state index in [1.165, 1.54) is 0 Å². The maximum atomic E-state index is 12.4. The number of hydrogen-bond acceptors (Lipinski definition) is 5. The van der Waals surface area contributed by atoms with Crippen LogP contribution in [-0.4, -0.2) is 30.3 Å². The van der Waals surface area contributed by atoms with Gasteiger partial charge in [0.25, 0.3) is 11.7 Å². The van der Waals surface area contributed by atoms with E-state index >= 15 is 0 Å². The SMILES string of the molecule is CC(C)OC(=O)CNC(=O)c1ccccc1Nc1ccc(SC(F)F)cc1. The number of carbonyl (C=O) groups excluding carboxylic acids is 2. The normalized spacial score (nSPS) is 10.7. The van der Waals surface area contributed by atoms with Crippen molar-refractivity contribution in [3.05, 3.63) is 54.1 Å². The lowest BCUT2D eigenvalue weighted by Gasteiger charge is -2.13. The molecule has 2 N–H and O–H groups in total. The van der Waals surface area contributed by atoms with Gasteiger partial charge in [-0.1, -0.05) is 23.9 Å². The number of thioether (sulfide) groups is 1. The van der Waals surface area contributed by atoms with Crippen molar-refractivity contribution in [3.8, 4) is 0 Å². The van der Waals surface area contributed by atoms with E-state index in [1.54, 1.807) is 62.4 Å². The van der Waals surface area contributed by atoms with Crippen LogP contribution in [0.3, 0.4) is 0 Å². The Hall–Kier alpha value is -2.61. The van der Waals surface area contributed by atoms with E-state index in [1.807, 2.05) is 0 Å². The molecular weight excluding hydrogens is 374 g/mol. The van der Waals surface area contributed by atoms with Gasteiger partial charge in [-0.05, 0) is 50.2 Å². The van der Waals surface area contributed by atoms with Gasteiger partial charge in [-0.2, -0.15) is 8.78 Å². The Labute approximate surface area is 160 Å². The second-order valence-electron chi connectivity index (χ2n) is 5.79. The number of para-hydroxylation sites is 1. The van der Waals surface area contributed by atoms with Gasteiger partial charge in [-0.3, -0.25) is 9.59 Å². The molecule has 8 heteroatoms. The fraction of sp³-hybridized carbons (Fsp3) is 0.263. The van der Waals surface area contributed by atoms with Crippen molar-refractivity contribution >= 4 is 35.0 Å². The van der Waals surface area contributed by atoms with Gasteiger partial charge >= 0.3 is 5.97 Å². The lowest BCUT2D eigenvalue weighted by Crippen LogP contribution is -2.32. The summed E-state index contributed by atoms with van der Waals surface area (Å²) >= 11 is 0.466. The molecule has 0 aliphatic carbocycles. The summed E-state index contributed by atoms with van der Waals surface area (Å²) in [7, 11) is 0. The summed E-state index contributed by atoms with van der Waals surface area (Å²) in [6.07, 6.45) is -0.255. The summed E-state index contributed by atoms with van der Waals surface area (Å²) in [5.41, 5.74) is 1.52. The van der Waals surface area contributed by atoms with Crippen molar-refractivity contribution in [2.45, 2.75) is 30.6 Å². The topological polar surface area (TPSA) is 67.4 Å². The van der Waals surface area contributed by atoms with E-state index < -0.39 is 17.6 Å². The number of amides is 1. The molecule has 0 aliphatic heterocycles. The lowest BCUT2D eigenvalue weighted by atomic mass is 10.1. The van der Waals surface area contributed by atoms with E-state index in [2.05, 4.69) is 10.6 Å². The highest BCUT2D eigenvalue weighted by atomic mass is 32.2. The minimum Gasteiger partial charge on any atom is -0.462 e. The number of carbonyl (C=O) groups is 2. The molecule has 0 aliphatic rings. The molecule has 2 aromatic carbocycles. The number of esters is 1. The van der Waals surface area contributed by atoms with Crippen LogP contribution in [0.25, 0.3) is 0 Å². The van der Waals surface area contributed by atoms with Crippen LogP contribution in [0.15, 0.2) is 53.4 Å². The van der Waals surface area contributed by atoms with E-state index in [4.69, 9.17) is 4.74 Å². The molecule has 144 valence electrons. The number of nitrogens with one attached hydrogen (secondary N) is 2. The maximum Gasteiger partial charge on any atom is 0.325 e. The van der Waals surface area contributed by atoms with Gasteiger partial charge in [0.05, 0.1) is 17.4 Å². The summed E-state index contributed by atoms with van der Waals surface area (Å²) in [5.74, 6) is -3.42. The molecular formula is C19H20F2N2O3S. The number of halogens is 2. The third-order valence-electron chi connectivity index (χ3n) is 3.29. The second-order valence-corrected chi connectivity index (χ2v) is 6.86. The van der Waals surface area contributed by atoms with Crippen LogP contribution in [0, 0.1) is 0 Å². The average Bonchev–Trinajstić information content (AvgIpc) is 2.61. The number of rotatable bonds is 8. The maximum absolute atomic E-state index is 12.4. The third-order valence-corrected chi connectivity index (χ3v) is 4.01. The van der Waals surface area contributed by atoms with Crippen LogP contribution in [0.5, 0.6) is 0 Å². The molecule has 0 fully saturated rings. The van der Waals surface area contributed by atoms with Crippen molar-refractivity contribution < 1.29 is 23.1 Å². The summed E-state index contributed by atoms with van der Waals surface area (Å²) in [4.78, 5) is 24.4. The zero-order valence-corrected chi connectivity index (χ0v) is 15.7. The minimum atomic E-state index is -2.48. The first kappa shape index (κ1) is 20.7. The summed E-state index contributed by atoms with van der Waals surface area (Å²) in [6.45, 7) is 3.22. The number of anilines is 2. The van der Waals surface area contributed by atoms with Crippen molar-refractivity contribution in [2.24, 2.45) is 0 Å². The van der Waals surface area contributed by atoms with Crippen LogP contribution in [-0.2, 0) is 9.53 Å². The van der Waals surface area contributed by atoms with E-state index in [-0.39, 0.29) is 12.6 Å². The average molecular weight is 394 g/mol. The summed E-state index contributed by atoms with van der Waals surface area (Å²) in [6, 6.07) is 13.2. The molecule has 27 heavy (non-hydrogen) atoms. The van der Waals surface area contributed by atoms with Crippen molar-refractivity contribution in [1.29, 1.82) is 0 Å². The zero-order valence-electron chi connectivity index (χ0n) is 14.9. The van der Waals surface area contributed by atoms with Gasteiger partial charge in [0, 0.05) is 10.6 Å².